The van der Waals surface area contributed by atoms with Crippen LogP contribution in [-0.4, -0.2) is 41.8 Å². The molecule has 1 fully saturated rings. The predicted molar refractivity (Wildman–Crippen MR) is 138 cm³/mol. The second-order valence-corrected chi connectivity index (χ2v) is 8.88. The van der Waals surface area contributed by atoms with Crippen molar-refractivity contribution >= 4 is 23.4 Å². The molecule has 6 nitrogen and oxygen atoms in total. The molecule has 1 aliphatic rings. The molecule has 0 saturated carbocycles. The van der Waals surface area contributed by atoms with E-state index in [0.717, 1.165) is 49.9 Å². The van der Waals surface area contributed by atoms with E-state index in [1.54, 1.807) is 43.3 Å². The number of amides is 3. The first-order chi connectivity index (χ1) is 17.0. The Morgan fingerprint density at radius 1 is 0.714 bits per heavy atom. The number of rotatable bonds is 6. The summed E-state index contributed by atoms with van der Waals surface area (Å²) in [7, 11) is 0. The summed E-state index contributed by atoms with van der Waals surface area (Å²) in [6.07, 6.45) is 4.25. The standard InChI is InChI=1S/C29H31N3O3/c1-21(29(35)32-19-9-2-3-10-20-32)30-28(34)25-13-7-8-14-26(25)31-27(33)24-17-15-23(16-18-24)22-11-5-4-6-12-22/h4-8,11-18,21H,2-3,9-10,19-20H2,1H3,(H,30,34)(H,31,33). The molecule has 4 rings (SSSR count). The Labute approximate surface area is 206 Å². The first-order valence-corrected chi connectivity index (χ1v) is 12.2. The highest BCUT2D eigenvalue weighted by Crippen LogP contribution is 2.21. The summed E-state index contributed by atoms with van der Waals surface area (Å²) in [4.78, 5) is 40.6. The summed E-state index contributed by atoms with van der Waals surface area (Å²) in [6, 6.07) is 23.5. The number of anilines is 1. The van der Waals surface area contributed by atoms with Crippen LogP contribution in [0.25, 0.3) is 11.1 Å². The molecule has 3 aromatic rings. The third kappa shape index (κ3) is 6.15. The van der Waals surface area contributed by atoms with Crippen LogP contribution < -0.4 is 10.6 Å². The summed E-state index contributed by atoms with van der Waals surface area (Å²) in [6.45, 7) is 3.17. The number of nitrogens with zero attached hydrogens (tertiary/aromatic N) is 1. The van der Waals surface area contributed by atoms with Gasteiger partial charge in [-0.25, -0.2) is 0 Å². The van der Waals surface area contributed by atoms with Crippen molar-refractivity contribution in [3.8, 4) is 11.1 Å². The number of para-hydroxylation sites is 1. The number of hydrogen-bond donors (Lipinski definition) is 2. The zero-order valence-corrected chi connectivity index (χ0v) is 20.0. The van der Waals surface area contributed by atoms with E-state index in [1.807, 2.05) is 47.4 Å². The largest absolute Gasteiger partial charge is 0.341 e. The van der Waals surface area contributed by atoms with Gasteiger partial charge in [0.1, 0.15) is 6.04 Å². The van der Waals surface area contributed by atoms with Crippen LogP contribution >= 0.6 is 0 Å². The molecule has 0 spiro atoms. The minimum atomic E-state index is -0.644. The average molecular weight is 470 g/mol. The molecule has 0 aromatic heterocycles. The van der Waals surface area contributed by atoms with Crippen LogP contribution in [0.1, 0.15) is 53.3 Å². The molecule has 6 heteroatoms. The van der Waals surface area contributed by atoms with Gasteiger partial charge in [-0.15, -0.1) is 0 Å². The molecular formula is C29H31N3O3. The summed E-state index contributed by atoms with van der Waals surface area (Å²) in [5.74, 6) is -0.769. The van der Waals surface area contributed by atoms with E-state index in [1.165, 1.54) is 0 Å². The second-order valence-electron chi connectivity index (χ2n) is 8.88. The monoisotopic (exact) mass is 469 g/mol. The maximum absolute atomic E-state index is 13.0. The Morgan fingerprint density at radius 2 is 1.31 bits per heavy atom. The van der Waals surface area contributed by atoms with Gasteiger partial charge in [-0.2, -0.15) is 0 Å². The molecule has 180 valence electrons. The number of likely N-dealkylation sites (tertiary alicyclic amines) is 1. The first-order valence-electron chi connectivity index (χ1n) is 12.2. The van der Waals surface area contributed by atoms with Crippen molar-refractivity contribution in [3.63, 3.8) is 0 Å². The van der Waals surface area contributed by atoms with Crippen LogP contribution in [0, 0.1) is 0 Å². The van der Waals surface area contributed by atoms with Crippen LogP contribution in [0.15, 0.2) is 78.9 Å². The second kappa shape index (κ2) is 11.5. The fourth-order valence-corrected chi connectivity index (χ4v) is 4.33. The molecule has 35 heavy (non-hydrogen) atoms. The molecular weight excluding hydrogens is 438 g/mol. The highest BCUT2D eigenvalue weighted by molar-refractivity contribution is 6.09. The van der Waals surface area contributed by atoms with Gasteiger partial charge in [0.25, 0.3) is 11.8 Å². The fraction of sp³-hybridized carbons (Fsp3) is 0.276. The number of carbonyl (C=O) groups excluding carboxylic acids is 3. The van der Waals surface area contributed by atoms with Gasteiger partial charge in [0.15, 0.2) is 0 Å². The molecule has 3 aromatic carbocycles. The minimum Gasteiger partial charge on any atom is -0.341 e. The topological polar surface area (TPSA) is 78.5 Å². The zero-order chi connectivity index (χ0) is 24.6. The first kappa shape index (κ1) is 24.2. The third-order valence-corrected chi connectivity index (χ3v) is 6.31. The van der Waals surface area contributed by atoms with Crippen LogP contribution in [0.3, 0.4) is 0 Å². The van der Waals surface area contributed by atoms with Crippen LogP contribution in [0.4, 0.5) is 5.69 Å². The van der Waals surface area contributed by atoms with E-state index < -0.39 is 11.9 Å². The molecule has 1 heterocycles. The van der Waals surface area contributed by atoms with Gasteiger partial charge in [0.05, 0.1) is 11.3 Å². The molecule has 1 unspecified atom stereocenters. The maximum Gasteiger partial charge on any atom is 0.255 e. The molecule has 0 bridgehead atoms. The Balaban J connectivity index is 1.42. The smallest absolute Gasteiger partial charge is 0.255 e. The minimum absolute atomic E-state index is 0.0692. The van der Waals surface area contributed by atoms with Crippen LogP contribution in [-0.2, 0) is 4.79 Å². The van der Waals surface area contributed by atoms with Gasteiger partial charge in [-0.05, 0) is 55.2 Å². The Hall–Kier alpha value is -3.93. The lowest BCUT2D eigenvalue weighted by atomic mass is 10.0. The molecule has 2 N–H and O–H groups in total. The van der Waals surface area contributed by atoms with Crippen LogP contribution in [0.2, 0.25) is 0 Å². The Bertz CT molecular complexity index is 1170. The van der Waals surface area contributed by atoms with E-state index in [0.29, 0.717) is 16.8 Å². The van der Waals surface area contributed by atoms with Gasteiger partial charge in [0, 0.05) is 18.7 Å². The van der Waals surface area contributed by atoms with Crippen molar-refractivity contribution in [1.82, 2.24) is 10.2 Å². The van der Waals surface area contributed by atoms with E-state index in [-0.39, 0.29) is 11.8 Å². The van der Waals surface area contributed by atoms with Crippen molar-refractivity contribution < 1.29 is 14.4 Å². The molecule has 0 radical (unpaired) electrons. The number of benzene rings is 3. The highest BCUT2D eigenvalue weighted by atomic mass is 16.2. The zero-order valence-electron chi connectivity index (χ0n) is 20.0. The van der Waals surface area contributed by atoms with Gasteiger partial charge < -0.3 is 15.5 Å². The predicted octanol–water partition coefficient (Wildman–Crippen LogP) is 5.13. The fourth-order valence-electron chi connectivity index (χ4n) is 4.33. The van der Waals surface area contributed by atoms with Gasteiger partial charge in [-0.3, -0.25) is 14.4 Å². The number of nitrogens with one attached hydrogen (secondary N) is 2. The van der Waals surface area contributed by atoms with E-state index in [9.17, 15) is 14.4 Å². The molecule has 3 amide bonds. The van der Waals surface area contributed by atoms with Crippen molar-refractivity contribution in [1.29, 1.82) is 0 Å². The lowest BCUT2D eigenvalue weighted by Crippen LogP contribution is -2.47. The summed E-state index contributed by atoms with van der Waals surface area (Å²) in [5, 5.41) is 5.66. The number of hydrogen-bond acceptors (Lipinski definition) is 3. The molecule has 1 saturated heterocycles. The van der Waals surface area contributed by atoms with Crippen LogP contribution in [0.5, 0.6) is 0 Å². The summed E-state index contributed by atoms with van der Waals surface area (Å²) < 4.78 is 0. The van der Waals surface area contributed by atoms with Crippen molar-refractivity contribution in [2.45, 2.75) is 38.6 Å². The quantitative estimate of drug-likeness (QED) is 0.526. The maximum atomic E-state index is 13.0. The highest BCUT2D eigenvalue weighted by Gasteiger charge is 2.24. The lowest BCUT2D eigenvalue weighted by molar-refractivity contribution is -0.132. The summed E-state index contributed by atoms with van der Waals surface area (Å²) >= 11 is 0. The van der Waals surface area contributed by atoms with Gasteiger partial charge in [-0.1, -0.05) is 67.4 Å². The van der Waals surface area contributed by atoms with E-state index in [2.05, 4.69) is 10.6 Å². The Morgan fingerprint density at radius 3 is 2.00 bits per heavy atom. The molecule has 1 aliphatic heterocycles. The van der Waals surface area contributed by atoms with E-state index in [4.69, 9.17) is 0 Å². The van der Waals surface area contributed by atoms with E-state index >= 15 is 0 Å². The normalized spacial score (nSPS) is 14.5. The number of carbonyl (C=O) groups is 3. The Kier molecular flexibility index (Phi) is 7.93. The van der Waals surface area contributed by atoms with Crippen molar-refractivity contribution in [3.05, 3.63) is 90.0 Å². The SMILES string of the molecule is CC(NC(=O)c1ccccc1NC(=O)c1ccc(-c2ccccc2)cc1)C(=O)N1CCCCCC1. The van der Waals surface area contributed by atoms with Gasteiger partial charge >= 0.3 is 0 Å². The van der Waals surface area contributed by atoms with Crippen molar-refractivity contribution in [2.24, 2.45) is 0 Å². The van der Waals surface area contributed by atoms with Crippen molar-refractivity contribution in [2.75, 3.05) is 18.4 Å². The summed E-state index contributed by atoms with van der Waals surface area (Å²) in [5.41, 5.74) is 3.30. The van der Waals surface area contributed by atoms with Gasteiger partial charge in [0.2, 0.25) is 5.91 Å². The molecule has 1 atom stereocenters. The lowest BCUT2D eigenvalue weighted by Gasteiger charge is -2.25. The average Bonchev–Trinajstić information content (AvgIpc) is 3.19. The molecule has 0 aliphatic carbocycles. The third-order valence-electron chi connectivity index (χ3n) is 6.31.